The summed E-state index contributed by atoms with van der Waals surface area (Å²) in [5, 5.41) is 19.7. The van der Waals surface area contributed by atoms with Gasteiger partial charge in [0.2, 0.25) is 0 Å². The first-order valence-electron chi connectivity index (χ1n) is 7.73. The highest BCUT2D eigenvalue weighted by atomic mass is 16.3. The number of nitrogens with zero attached hydrogens (tertiary/aromatic N) is 2. The molecule has 2 rings (SSSR count). The second-order valence-corrected chi connectivity index (χ2v) is 6.03. The van der Waals surface area contributed by atoms with Crippen molar-refractivity contribution in [1.82, 2.24) is 20.4 Å². The van der Waals surface area contributed by atoms with Crippen LogP contribution < -0.4 is 10.6 Å². The number of carbonyl (C=O) groups excluding carboxylic acids is 1. The molecule has 3 N–H and O–H groups in total. The third-order valence-electron chi connectivity index (χ3n) is 4.18. The van der Waals surface area contributed by atoms with Crippen LogP contribution in [0.25, 0.3) is 0 Å². The number of hydrogen-bond acceptors (Lipinski definition) is 3. The molecule has 0 unspecified atom stereocenters. The standard InChI is InChI=1S/C15H26N4O2/c1-12-10-13(2)19(18-12)9-5-8-16-14(21)17-15(11-20)6-3-4-7-15/h10,20H,3-9,11H2,1-2H3,(H2,16,17,21). The summed E-state index contributed by atoms with van der Waals surface area (Å²) in [5.41, 5.74) is 1.76. The molecule has 0 aromatic carbocycles. The molecule has 1 heterocycles. The third-order valence-corrected chi connectivity index (χ3v) is 4.18. The first kappa shape index (κ1) is 15.8. The zero-order valence-corrected chi connectivity index (χ0v) is 13.0. The summed E-state index contributed by atoms with van der Waals surface area (Å²) < 4.78 is 1.96. The first-order chi connectivity index (χ1) is 10.0. The van der Waals surface area contributed by atoms with Crippen LogP contribution in [0.3, 0.4) is 0 Å². The summed E-state index contributed by atoms with van der Waals surface area (Å²) in [6, 6.07) is 1.87. The summed E-state index contributed by atoms with van der Waals surface area (Å²) in [6.07, 6.45) is 4.70. The van der Waals surface area contributed by atoms with E-state index in [1.54, 1.807) is 0 Å². The summed E-state index contributed by atoms with van der Waals surface area (Å²) in [5.74, 6) is 0. The van der Waals surface area contributed by atoms with Crippen molar-refractivity contribution in [3.8, 4) is 0 Å². The minimum absolute atomic E-state index is 0.0200. The predicted octanol–water partition coefficient (Wildman–Crippen LogP) is 1.49. The van der Waals surface area contributed by atoms with E-state index in [0.717, 1.165) is 50.0 Å². The van der Waals surface area contributed by atoms with Crippen molar-refractivity contribution in [2.45, 2.75) is 58.0 Å². The molecule has 0 radical (unpaired) electrons. The minimum atomic E-state index is -0.403. The van der Waals surface area contributed by atoms with Crippen molar-refractivity contribution in [2.24, 2.45) is 0 Å². The quantitative estimate of drug-likeness (QED) is 0.696. The Morgan fingerprint density at radius 2 is 2.14 bits per heavy atom. The van der Waals surface area contributed by atoms with E-state index in [9.17, 15) is 9.90 Å². The van der Waals surface area contributed by atoms with Gasteiger partial charge >= 0.3 is 6.03 Å². The number of hydrogen-bond donors (Lipinski definition) is 3. The fourth-order valence-corrected chi connectivity index (χ4v) is 2.99. The largest absolute Gasteiger partial charge is 0.394 e. The average molecular weight is 294 g/mol. The Morgan fingerprint density at radius 3 is 2.71 bits per heavy atom. The topological polar surface area (TPSA) is 79.2 Å². The van der Waals surface area contributed by atoms with Gasteiger partial charge in [-0.1, -0.05) is 12.8 Å². The van der Waals surface area contributed by atoms with Gasteiger partial charge in [0.05, 0.1) is 17.8 Å². The van der Waals surface area contributed by atoms with Gasteiger partial charge < -0.3 is 15.7 Å². The number of nitrogens with one attached hydrogen (secondary N) is 2. The maximum atomic E-state index is 11.9. The van der Waals surface area contributed by atoms with Crippen LogP contribution >= 0.6 is 0 Å². The molecule has 0 aliphatic heterocycles. The SMILES string of the molecule is Cc1cc(C)n(CCCNC(=O)NC2(CO)CCCC2)n1. The van der Waals surface area contributed by atoms with E-state index in [0.29, 0.717) is 6.54 Å². The lowest BCUT2D eigenvalue weighted by atomic mass is 9.99. The van der Waals surface area contributed by atoms with Gasteiger partial charge in [0.25, 0.3) is 0 Å². The monoisotopic (exact) mass is 294 g/mol. The minimum Gasteiger partial charge on any atom is -0.394 e. The van der Waals surface area contributed by atoms with Crippen molar-refractivity contribution < 1.29 is 9.90 Å². The first-order valence-corrected chi connectivity index (χ1v) is 7.73. The van der Waals surface area contributed by atoms with E-state index in [4.69, 9.17) is 0 Å². The van der Waals surface area contributed by atoms with Crippen LogP contribution in [0.5, 0.6) is 0 Å². The van der Waals surface area contributed by atoms with Crippen molar-refractivity contribution in [2.75, 3.05) is 13.2 Å². The Hall–Kier alpha value is -1.56. The van der Waals surface area contributed by atoms with Crippen molar-refractivity contribution in [3.63, 3.8) is 0 Å². The molecule has 0 bridgehead atoms. The molecule has 0 atom stereocenters. The van der Waals surface area contributed by atoms with Gasteiger partial charge in [0.1, 0.15) is 0 Å². The highest BCUT2D eigenvalue weighted by molar-refractivity contribution is 5.74. The van der Waals surface area contributed by atoms with Gasteiger partial charge in [-0.3, -0.25) is 4.68 Å². The van der Waals surface area contributed by atoms with E-state index in [1.807, 2.05) is 24.6 Å². The molecule has 0 saturated heterocycles. The summed E-state index contributed by atoms with van der Waals surface area (Å²) in [4.78, 5) is 11.9. The Balaban J connectivity index is 1.68. The molecule has 0 spiro atoms. The van der Waals surface area contributed by atoms with Crippen molar-refractivity contribution >= 4 is 6.03 Å². The summed E-state index contributed by atoms with van der Waals surface area (Å²) in [6.45, 7) is 5.43. The molecular formula is C15H26N4O2. The maximum absolute atomic E-state index is 11.9. The Labute approximate surface area is 125 Å². The molecule has 1 aliphatic rings. The van der Waals surface area contributed by atoms with Crippen LogP contribution in [-0.2, 0) is 6.54 Å². The molecular weight excluding hydrogens is 268 g/mol. The van der Waals surface area contributed by atoms with Gasteiger partial charge in [-0.2, -0.15) is 5.10 Å². The molecule has 1 aliphatic carbocycles. The van der Waals surface area contributed by atoms with Gasteiger partial charge in [-0.25, -0.2) is 4.79 Å². The lowest BCUT2D eigenvalue weighted by molar-refractivity contribution is 0.163. The smallest absolute Gasteiger partial charge is 0.315 e. The molecule has 1 fully saturated rings. The Morgan fingerprint density at radius 1 is 1.43 bits per heavy atom. The Bertz CT molecular complexity index is 478. The van der Waals surface area contributed by atoms with E-state index in [1.165, 1.54) is 0 Å². The molecule has 21 heavy (non-hydrogen) atoms. The van der Waals surface area contributed by atoms with Gasteiger partial charge in [-0.05, 0) is 39.2 Å². The van der Waals surface area contributed by atoms with Crippen molar-refractivity contribution in [1.29, 1.82) is 0 Å². The van der Waals surface area contributed by atoms with Crippen molar-refractivity contribution in [3.05, 3.63) is 17.5 Å². The number of aromatic nitrogens is 2. The van der Waals surface area contributed by atoms with E-state index in [2.05, 4.69) is 15.7 Å². The predicted molar refractivity (Wildman–Crippen MR) is 81.1 cm³/mol. The molecule has 1 aromatic rings. The zero-order valence-electron chi connectivity index (χ0n) is 13.0. The third kappa shape index (κ3) is 4.20. The van der Waals surface area contributed by atoms with Crippen LogP contribution in [0.4, 0.5) is 4.79 Å². The molecule has 1 aromatic heterocycles. The fourth-order valence-electron chi connectivity index (χ4n) is 2.99. The van der Waals surface area contributed by atoms with Gasteiger partial charge in [-0.15, -0.1) is 0 Å². The zero-order chi connectivity index (χ0) is 15.3. The van der Waals surface area contributed by atoms with E-state index < -0.39 is 5.54 Å². The van der Waals surface area contributed by atoms with Crippen LogP contribution in [0.2, 0.25) is 0 Å². The van der Waals surface area contributed by atoms with Gasteiger partial charge in [0, 0.05) is 18.8 Å². The molecule has 6 heteroatoms. The number of aryl methyl sites for hydroxylation is 3. The highest BCUT2D eigenvalue weighted by Crippen LogP contribution is 2.28. The van der Waals surface area contributed by atoms with Crippen LogP contribution in [-0.4, -0.2) is 39.6 Å². The van der Waals surface area contributed by atoms with Crippen LogP contribution in [0.15, 0.2) is 6.07 Å². The number of rotatable bonds is 6. The average Bonchev–Trinajstić information content (AvgIpc) is 3.02. The normalized spacial score (nSPS) is 16.9. The van der Waals surface area contributed by atoms with E-state index >= 15 is 0 Å². The number of aliphatic hydroxyl groups excluding tert-OH is 1. The molecule has 1 saturated carbocycles. The maximum Gasteiger partial charge on any atom is 0.315 e. The van der Waals surface area contributed by atoms with Crippen LogP contribution in [0, 0.1) is 13.8 Å². The van der Waals surface area contributed by atoms with E-state index in [-0.39, 0.29) is 12.6 Å². The lowest BCUT2D eigenvalue weighted by Crippen LogP contribution is -2.53. The number of aliphatic hydroxyl groups is 1. The number of carbonyl (C=O) groups is 1. The lowest BCUT2D eigenvalue weighted by Gasteiger charge is -2.27. The number of urea groups is 1. The summed E-state index contributed by atoms with van der Waals surface area (Å²) >= 11 is 0. The summed E-state index contributed by atoms with van der Waals surface area (Å²) in [7, 11) is 0. The molecule has 2 amide bonds. The van der Waals surface area contributed by atoms with Gasteiger partial charge in [0.15, 0.2) is 0 Å². The number of amides is 2. The second kappa shape index (κ2) is 6.93. The second-order valence-electron chi connectivity index (χ2n) is 6.03. The molecule has 6 nitrogen and oxygen atoms in total. The molecule has 118 valence electrons. The van der Waals surface area contributed by atoms with Crippen LogP contribution in [0.1, 0.15) is 43.5 Å². The highest BCUT2D eigenvalue weighted by Gasteiger charge is 2.34. The Kier molecular flexibility index (Phi) is 5.22. The fraction of sp³-hybridized carbons (Fsp3) is 0.733.